The molecule has 1 aliphatic heterocycles. The molecule has 1 aromatic carbocycles. The Morgan fingerprint density at radius 1 is 1.38 bits per heavy atom. The molecule has 1 aromatic heterocycles. The zero-order valence-corrected chi connectivity index (χ0v) is 13.0. The Morgan fingerprint density at radius 2 is 2.19 bits per heavy atom. The number of aromatic nitrogens is 1. The quantitative estimate of drug-likeness (QED) is 0.850. The summed E-state index contributed by atoms with van der Waals surface area (Å²) >= 11 is 0. The van der Waals surface area contributed by atoms with E-state index in [4.69, 9.17) is 0 Å². The summed E-state index contributed by atoms with van der Waals surface area (Å²) in [7, 11) is -0.877. The van der Waals surface area contributed by atoms with E-state index in [1.807, 2.05) is 44.3 Å². The molecule has 0 unspecified atom stereocenters. The Bertz CT molecular complexity index is 708. The van der Waals surface area contributed by atoms with Crippen LogP contribution >= 0.6 is 0 Å². The van der Waals surface area contributed by atoms with E-state index in [2.05, 4.69) is 10.3 Å². The highest BCUT2D eigenvalue weighted by molar-refractivity contribution is 7.86. The van der Waals surface area contributed by atoms with Gasteiger partial charge >= 0.3 is 6.03 Å². The third kappa shape index (κ3) is 2.68. The van der Waals surface area contributed by atoms with Crippen molar-refractivity contribution in [1.29, 1.82) is 0 Å². The van der Waals surface area contributed by atoms with Crippen LogP contribution in [0.15, 0.2) is 30.5 Å². The number of anilines is 1. The maximum Gasteiger partial charge on any atom is 0.321 e. The molecule has 1 aliphatic rings. The molecule has 21 heavy (non-hydrogen) atoms. The summed E-state index contributed by atoms with van der Waals surface area (Å²) in [5, 5.41) is 3.95. The van der Waals surface area contributed by atoms with Gasteiger partial charge in [0.05, 0.1) is 10.4 Å². The zero-order valence-electron chi connectivity index (χ0n) is 12.2. The number of hydrogen-bond acceptors (Lipinski definition) is 2. The molecule has 6 heteroatoms. The highest BCUT2D eigenvalue weighted by Crippen LogP contribution is 2.24. The van der Waals surface area contributed by atoms with Crippen LogP contribution in [0.2, 0.25) is 0 Å². The van der Waals surface area contributed by atoms with Gasteiger partial charge in [0, 0.05) is 46.7 Å². The second-order valence-corrected chi connectivity index (χ2v) is 8.11. The lowest BCUT2D eigenvalue weighted by molar-refractivity contribution is 0.207. The minimum Gasteiger partial charge on any atom is -0.361 e. The van der Waals surface area contributed by atoms with Crippen molar-refractivity contribution in [2.24, 2.45) is 0 Å². The van der Waals surface area contributed by atoms with E-state index in [-0.39, 0.29) is 10.8 Å². The number of nitrogens with one attached hydrogen (secondary N) is 2. The van der Waals surface area contributed by atoms with Crippen molar-refractivity contribution in [3.8, 4) is 0 Å². The van der Waals surface area contributed by atoms with Gasteiger partial charge < -0.3 is 15.2 Å². The molecule has 0 bridgehead atoms. The van der Waals surface area contributed by atoms with E-state index in [0.29, 0.717) is 18.8 Å². The van der Waals surface area contributed by atoms with Gasteiger partial charge in [0.1, 0.15) is 0 Å². The first kappa shape index (κ1) is 14.1. The van der Waals surface area contributed by atoms with Crippen LogP contribution in [-0.4, -0.2) is 43.7 Å². The van der Waals surface area contributed by atoms with Crippen molar-refractivity contribution in [3.05, 3.63) is 30.5 Å². The van der Waals surface area contributed by atoms with E-state index in [1.165, 1.54) is 0 Å². The van der Waals surface area contributed by atoms with Crippen molar-refractivity contribution in [3.63, 3.8) is 0 Å². The molecule has 1 atom stereocenters. The van der Waals surface area contributed by atoms with E-state index >= 15 is 0 Å². The maximum absolute atomic E-state index is 12.4. The minimum atomic E-state index is -0.877. The van der Waals surface area contributed by atoms with Crippen LogP contribution in [0.5, 0.6) is 0 Å². The molecule has 0 spiro atoms. The Balaban J connectivity index is 1.78. The monoisotopic (exact) mass is 305 g/mol. The summed E-state index contributed by atoms with van der Waals surface area (Å²) in [6.45, 7) is 4.92. The number of rotatable bonds is 1. The lowest BCUT2D eigenvalue weighted by Crippen LogP contribution is -2.53. The normalized spacial score (nSPS) is 21.4. The number of carbonyl (C=O) groups is 1. The van der Waals surface area contributed by atoms with E-state index < -0.39 is 10.8 Å². The van der Waals surface area contributed by atoms with Crippen molar-refractivity contribution in [2.45, 2.75) is 18.6 Å². The molecule has 5 nitrogen and oxygen atoms in total. The number of fused-ring (bicyclic) bond motifs is 1. The Kier molecular flexibility index (Phi) is 3.49. The van der Waals surface area contributed by atoms with Gasteiger partial charge in [-0.05, 0) is 32.0 Å². The first-order chi connectivity index (χ1) is 9.97. The van der Waals surface area contributed by atoms with Crippen molar-refractivity contribution >= 4 is 33.4 Å². The molecule has 2 heterocycles. The maximum atomic E-state index is 12.4. The number of hydrogen-bond donors (Lipinski definition) is 2. The van der Waals surface area contributed by atoms with Gasteiger partial charge in [-0.2, -0.15) is 0 Å². The van der Waals surface area contributed by atoms with Gasteiger partial charge in [-0.15, -0.1) is 0 Å². The molecule has 1 fully saturated rings. The number of benzene rings is 1. The van der Waals surface area contributed by atoms with Gasteiger partial charge in [-0.25, -0.2) is 4.79 Å². The van der Waals surface area contributed by atoms with Crippen molar-refractivity contribution in [2.75, 3.05) is 24.2 Å². The predicted octanol–water partition coefficient (Wildman–Crippen LogP) is 2.54. The van der Waals surface area contributed by atoms with Crippen LogP contribution in [0.25, 0.3) is 10.9 Å². The Hall–Kier alpha value is -1.82. The number of aromatic amines is 1. The Morgan fingerprint density at radius 3 is 2.95 bits per heavy atom. The van der Waals surface area contributed by atoms with Crippen LogP contribution in [-0.2, 0) is 10.8 Å². The number of nitrogens with zero attached hydrogens (tertiary/aromatic N) is 1. The number of amides is 2. The first-order valence-corrected chi connectivity index (χ1v) is 8.30. The average Bonchev–Trinajstić information content (AvgIpc) is 2.91. The summed E-state index contributed by atoms with van der Waals surface area (Å²) < 4.78 is 11.6. The third-order valence-corrected chi connectivity index (χ3v) is 5.77. The second kappa shape index (κ2) is 5.18. The number of urea groups is 1. The van der Waals surface area contributed by atoms with E-state index in [0.717, 1.165) is 16.6 Å². The molecular weight excluding hydrogens is 286 g/mol. The second-order valence-electron chi connectivity index (χ2n) is 5.91. The average molecular weight is 305 g/mol. The van der Waals surface area contributed by atoms with Gasteiger partial charge in [-0.3, -0.25) is 4.21 Å². The number of H-pyrrole nitrogens is 1. The molecule has 0 saturated carbocycles. The molecule has 1 saturated heterocycles. The van der Waals surface area contributed by atoms with Crippen LogP contribution in [0, 0.1) is 0 Å². The summed E-state index contributed by atoms with van der Waals surface area (Å²) in [4.78, 5) is 17.3. The zero-order chi connectivity index (χ0) is 15.0. The molecule has 3 rings (SSSR count). The van der Waals surface area contributed by atoms with Gasteiger partial charge in [0.15, 0.2) is 0 Å². The smallest absolute Gasteiger partial charge is 0.321 e. The summed E-state index contributed by atoms with van der Waals surface area (Å²) in [5.74, 6) is 0.536. The van der Waals surface area contributed by atoms with Gasteiger partial charge in [0.2, 0.25) is 0 Å². The topological polar surface area (TPSA) is 65.2 Å². The highest BCUT2D eigenvalue weighted by Gasteiger charge is 2.35. The standard InChI is InChI=1S/C15H19N3O2S/c1-15(2)10-18(8-9-21(15)20)14(19)17-13-5-3-4-12-11(13)6-7-16-12/h3-7,16H,8-10H2,1-2H3,(H,17,19)/t21-/m0/s1. The Labute approximate surface area is 126 Å². The highest BCUT2D eigenvalue weighted by atomic mass is 32.2. The molecule has 2 amide bonds. The fourth-order valence-corrected chi connectivity index (χ4v) is 3.88. The molecule has 0 aliphatic carbocycles. The molecule has 0 radical (unpaired) electrons. The fraction of sp³-hybridized carbons (Fsp3) is 0.400. The summed E-state index contributed by atoms with van der Waals surface area (Å²) in [6, 6.07) is 7.58. The van der Waals surface area contributed by atoms with Crippen molar-refractivity contribution in [1.82, 2.24) is 9.88 Å². The van der Waals surface area contributed by atoms with E-state index in [9.17, 15) is 9.00 Å². The van der Waals surface area contributed by atoms with Crippen molar-refractivity contribution < 1.29 is 9.00 Å². The number of carbonyl (C=O) groups excluding carboxylic acids is 1. The van der Waals surface area contributed by atoms with Gasteiger partial charge in [-0.1, -0.05) is 6.07 Å². The lowest BCUT2D eigenvalue weighted by Gasteiger charge is -2.37. The third-order valence-electron chi connectivity index (χ3n) is 3.86. The van der Waals surface area contributed by atoms with Crippen LogP contribution < -0.4 is 5.32 Å². The van der Waals surface area contributed by atoms with E-state index in [1.54, 1.807) is 4.90 Å². The fourth-order valence-electron chi connectivity index (χ4n) is 2.64. The summed E-state index contributed by atoms with van der Waals surface area (Å²) in [5.41, 5.74) is 1.79. The van der Waals surface area contributed by atoms with Crippen LogP contribution in [0.1, 0.15) is 13.8 Å². The molecule has 2 aromatic rings. The van der Waals surface area contributed by atoms with Crippen LogP contribution in [0.4, 0.5) is 10.5 Å². The molecule has 112 valence electrons. The molecular formula is C15H19N3O2S. The SMILES string of the molecule is CC1(C)CN(C(=O)Nc2cccc3[nH]ccc23)CC[S@@]1=O. The largest absolute Gasteiger partial charge is 0.361 e. The van der Waals surface area contributed by atoms with Gasteiger partial charge in [0.25, 0.3) is 0 Å². The molecule has 2 N–H and O–H groups in total. The minimum absolute atomic E-state index is 0.131. The predicted molar refractivity (Wildman–Crippen MR) is 86.0 cm³/mol. The van der Waals surface area contributed by atoms with Crippen LogP contribution in [0.3, 0.4) is 0 Å². The first-order valence-electron chi connectivity index (χ1n) is 6.98. The lowest BCUT2D eigenvalue weighted by atomic mass is 10.2. The summed E-state index contributed by atoms with van der Waals surface area (Å²) in [6.07, 6.45) is 1.85.